The van der Waals surface area contributed by atoms with E-state index in [1.54, 1.807) is 19.2 Å². The van der Waals surface area contributed by atoms with Gasteiger partial charge in [0.05, 0.1) is 19.6 Å². The Kier molecular flexibility index (Phi) is 4.88. The number of ketones is 1. The van der Waals surface area contributed by atoms with Crippen LogP contribution in [0.5, 0.6) is 11.5 Å². The normalized spacial score (nSPS) is 21.3. The van der Waals surface area contributed by atoms with Gasteiger partial charge in [0, 0.05) is 18.4 Å². The molecule has 0 radical (unpaired) electrons. The second kappa shape index (κ2) is 6.99. The number of rotatable bonds is 4. The molecular formula is C21H24N2O4. The number of methoxy groups -OCH3 is 1. The van der Waals surface area contributed by atoms with Gasteiger partial charge in [-0.25, -0.2) is 0 Å². The smallest absolute Gasteiger partial charge is 0.205 e. The van der Waals surface area contributed by atoms with Gasteiger partial charge in [0.2, 0.25) is 5.88 Å². The fourth-order valence-electron chi connectivity index (χ4n) is 3.76. The van der Waals surface area contributed by atoms with Crippen LogP contribution in [0.3, 0.4) is 0 Å². The highest BCUT2D eigenvalue weighted by Crippen LogP contribution is 2.48. The second-order valence-electron chi connectivity index (χ2n) is 7.55. The highest BCUT2D eigenvalue weighted by atomic mass is 16.5. The number of nitrogens with two attached hydrogens (primary N) is 1. The lowest BCUT2D eigenvalue weighted by Gasteiger charge is -2.37. The van der Waals surface area contributed by atoms with Crippen molar-refractivity contribution in [1.29, 1.82) is 5.26 Å². The Labute approximate surface area is 159 Å². The molecule has 1 aromatic rings. The number of carbonyl (C=O) groups is 1. The Hall–Kier alpha value is -2.94. The van der Waals surface area contributed by atoms with Crippen molar-refractivity contribution in [3.63, 3.8) is 0 Å². The summed E-state index contributed by atoms with van der Waals surface area (Å²) in [6.45, 7) is 6.39. The van der Waals surface area contributed by atoms with Crippen molar-refractivity contribution < 1.29 is 19.0 Å². The number of ether oxygens (including phenoxy) is 3. The standard InChI is InChI=1S/C21H24N2O4/c1-5-26-16-8-12(6-7-15(16)25-4)18-13(11-22)20(23)27-17-10-21(2,3)9-14(24)19(17)18/h6-8,18H,5,9-10,23H2,1-4H3. The summed E-state index contributed by atoms with van der Waals surface area (Å²) in [5.74, 6) is 1.19. The summed E-state index contributed by atoms with van der Waals surface area (Å²) < 4.78 is 16.7. The van der Waals surface area contributed by atoms with E-state index in [-0.39, 0.29) is 22.7 Å². The molecule has 0 saturated heterocycles. The summed E-state index contributed by atoms with van der Waals surface area (Å²) in [7, 11) is 1.57. The van der Waals surface area contributed by atoms with Gasteiger partial charge < -0.3 is 19.9 Å². The molecule has 3 rings (SSSR count). The molecule has 1 heterocycles. The number of carbonyl (C=O) groups excluding carboxylic acids is 1. The molecule has 6 nitrogen and oxygen atoms in total. The molecule has 2 N–H and O–H groups in total. The van der Waals surface area contributed by atoms with Gasteiger partial charge in [-0.3, -0.25) is 4.79 Å². The average Bonchev–Trinajstić information content (AvgIpc) is 2.59. The largest absolute Gasteiger partial charge is 0.493 e. The number of benzene rings is 1. The van der Waals surface area contributed by atoms with Crippen LogP contribution in [-0.2, 0) is 9.53 Å². The highest BCUT2D eigenvalue weighted by Gasteiger charge is 2.43. The van der Waals surface area contributed by atoms with E-state index in [1.807, 2.05) is 26.8 Å². The van der Waals surface area contributed by atoms with Crippen molar-refractivity contribution in [2.45, 2.75) is 39.5 Å². The Bertz CT molecular complexity index is 890. The molecular weight excluding hydrogens is 344 g/mol. The Morgan fingerprint density at radius 1 is 1.33 bits per heavy atom. The third-order valence-electron chi connectivity index (χ3n) is 4.90. The Balaban J connectivity index is 2.17. The third kappa shape index (κ3) is 3.37. The molecule has 0 amide bonds. The minimum Gasteiger partial charge on any atom is -0.493 e. The summed E-state index contributed by atoms with van der Waals surface area (Å²) in [5.41, 5.74) is 7.36. The molecule has 0 fully saturated rings. The molecule has 1 aromatic carbocycles. The van der Waals surface area contributed by atoms with Crippen LogP contribution >= 0.6 is 0 Å². The van der Waals surface area contributed by atoms with Crippen molar-refractivity contribution in [2.24, 2.45) is 11.1 Å². The van der Waals surface area contributed by atoms with Crippen LogP contribution in [0, 0.1) is 16.7 Å². The molecule has 6 heteroatoms. The monoisotopic (exact) mass is 368 g/mol. The van der Waals surface area contributed by atoms with Gasteiger partial charge >= 0.3 is 0 Å². The lowest BCUT2D eigenvalue weighted by molar-refractivity contribution is -0.119. The van der Waals surface area contributed by atoms with Gasteiger partial charge in [0.25, 0.3) is 0 Å². The number of Topliss-reactive ketones (excluding diaryl/α,β-unsaturated/α-hetero) is 1. The minimum atomic E-state index is -0.563. The van der Waals surface area contributed by atoms with E-state index >= 15 is 0 Å². The highest BCUT2D eigenvalue weighted by molar-refractivity contribution is 6.00. The van der Waals surface area contributed by atoms with Crippen molar-refractivity contribution in [2.75, 3.05) is 13.7 Å². The molecule has 1 atom stereocenters. The first-order valence-corrected chi connectivity index (χ1v) is 8.96. The quantitative estimate of drug-likeness (QED) is 0.873. The maximum absolute atomic E-state index is 13.0. The summed E-state index contributed by atoms with van der Waals surface area (Å²) >= 11 is 0. The van der Waals surface area contributed by atoms with Crippen LogP contribution in [0.15, 0.2) is 41.0 Å². The number of allylic oxidation sites excluding steroid dienone is 3. The zero-order chi connectivity index (χ0) is 19.8. The fraction of sp³-hybridized carbons (Fsp3) is 0.429. The van der Waals surface area contributed by atoms with E-state index in [9.17, 15) is 10.1 Å². The summed E-state index contributed by atoms with van der Waals surface area (Å²) in [6.07, 6.45) is 0.997. The average molecular weight is 368 g/mol. The van der Waals surface area contributed by atoms with E-state index in [4.69, 9.17) is 19.9 Å². The van der Waals surface area contributed by atoms with E-state index in [2.05, 4.69) is 6.07 Å². The van der Waals surface area contributed by atoms with E-state index in [1.165, 1.54) is 0 Å². The summed E-state index contributed by atoms with van der Waals surface area (Å²) in [4.78, 5) is 13.0. The number of nitrogens with zero attached hydrogens (tertiary/aromatic N) is 1. The second-order valence-corrected chi connectivity index (χ2v) is 7.55. The van der Waals surface area contributed by atoms with Gasteiger partial charge in [0.15, 0.2) is 17.3 Å². The molecule has 0 saturated carbocycles. The summed E-state index contributed by atoms with van der Waals surface area (Å²) in [5, 5.41) is 9.69. The molecule has 0 aromatic heterocycles. The lowest BCUT2D eigenvalue weighted by Crippen LogP contribution is -2.33. The number of nitriles is 1. The van der Waals surface area contributed by atoms with Crippen molar-refractivity contribution in [3.05, 3.63) is 46.6 Å². The van der Waals surface area contributed by atoms with Crippen LogP contribution < -0.4 is 15.2 Å². The van der Waals surface area contributed by atoms with Crippen LogP contribution in [0.2, 0.25) is 0 Å². The Morgan fingerprint density at radius 3 is 2.70 bits per heavy atom. The Morgan fingerprint density at radius 2 is 2.07 bits per heavy atom. The van der Waals surface area contributed by atoms with Gasteiger partial charge in [-0.05, 0) is 30.0 Å². The molecule has 27 heavy (non-hydrogen) atoms. The maximum Gasteiger partial charge on any atom is 0.205 e. The first-order chi connectivity index (χ1) is 12.8. The van der Waals surface area contributed by atoms with Gasteiger partial charge in [-0.15, -0.1) is 0 Å². The lowest BCUT2D eigenvalue weighted by atomic mass is 9.70. The molecule has 0 bridgehead atoms. The first kappa shape index (κ1) is 18.8. The molecule has 1 unspecified atom stereocenters. The SMILES string of the molecule is CCOc1cc(C2C(C#N)=C(N)OC3=C2C(=O)CC(C)(C)C3)ccc1OC. The summed E-state index contributed by atoms with van der Waals surface area (Å²) in [6, 6.07) is 7.54. The molecule has 142 valence electrons. The van der Waals surface area contributed by atoms with Crippen LogP contribution in [0.1, 0.15) is 45.1 Å². The fourth-order valence-corrected chi connectivity index (χ4v) is 3.76. The van der Waals surface area contributed by atoms with Crippen LogP contribution in [0.25, 0.3) is 0 Å². The maximum atomic E-state index is 13.0. The number of hydrogen-bond acceptors (Lipinski definition) is 6. The predicted octanol–water partition coefficient (Wildman–Crippen LogP) is 3.54. The van der Waals surface area contributed by atoms with Crippen molar-refractivity contribution in [3.8, 4) is 17.6 Å². The van der Waals surface area contributed by atoms with Gasteiger partial charge in [-0.2, -0.15) is 5.26 Å². The van der Waals surface area contributed by atoms with Crippen LogP contribution in [-0.4, -0.2) is 19.5 Å². The van der Waals surface area contributed by atoms with E-state index < -0.39 is 5.92 Å². The van der Waals surface area contributed by atoms with E-state index in [0.29, 0.717) is 42.3 Å². The van der Waals surface area contributed by atoms with Gasteiger partial charge in [-0.1, -0.05) is 19.9 Å². The number of hydrogen-bond donors (Lipinski definition) is 1. The topological polar surface area (TPSA) is 94.6 Å². The first-order valence-electron chi connectivity index (χ1n) is 8.96. The predicted molar refractivity (Wildman–Crippen MR) is 99.9 cm³/mol. The minimum absolute atomic E-state index is 0.0136. The zero-order valence-corrected chi connectivity index (χ0v) is 16.1. The molecule has 0 spiro atoms. The third-order valence-corrected chi connectivity index (χ3v) is 4.90. The van der Waals surface area contributed by atoms with Crippen molar-refractivity contribution in [1.82, 2.24) is 0 Å². The zero-order valence-electron chi connectivity index (χ0n) is 16.1. The molecule has 1 aliphatic carbocycles. The molecule has 2 aliphatic rings. The van der Waals surface area contributed by atoms with Crippen LogP contribution in [0.4, 0.5) is 0 Å². The van der Waals surface area contributed by atoms with E-state index in [0.717, 1.165) is 5.56 Å². The van der Waals surface area contributed by atoms with Gasteiger partial charge in [0.1, 0.15) is 17.4 Å². The molecule has 1 aliphatic heterocycles. The van der Waals surface area contributed by atoms with Crippen molar-refractivity contribution >= 4 is 5.78 Å².